The largest absolute Gasteiger partial charge is 0.548 e. The first kappa shape index (κ1) is 19.8. The number of halogens is 1. The molecule has 1 unspecified atom stereocenters. The van der Waals surface area contributed by atoms with Crippen molar-refractivity contribution in [1.29, 1.82) is 0 Å². The zero-order chi connectivity index (χ0) is 19.1. The number of ether oxygens (including phenoxy) is 1. The van der Waals surface area contributed by atoms with Crippen molar-refractivity contribution in [1.82, 2.24) is 9.80 Å². The van der Waals surface area contributed by atoms with Crippen molar-refractivity contribution in [2.75, 3.05) is 45.9 Å². The molecule has 1 fully saturated rings. The topological polar surface area (TPSA) is 55.8 Å². The Morgan fingerprint density at radius 2 is 1.63 bits per heavy atom. The molecule has 0 saturated carbocycles. The zero-order valence-electron chi connectivity index (χ0n) is 15.2. The Kier molecular flexibility index (Phi) is 7.24. The minimum atomic E-state index is -1.17. The van der Waals surface area contributed by atoms with Gasteiger partial charge >= 0.3 is 0 Å². The summed E-state index contributed by atoms with van der Waals surface area (Å²) in [6, 6.07) is 18.8. The summed E-state index contributed by atoms with van der Waals surface area (Å²) in [5.41, 5.74) is 2.50. The van der Waals surface area contributed by atoms with E-state index in [9.17, 15) is 9.90 Å². The van der Waals surface area contributed by atoms with Crippen molar-refractivity contribution in [2.45, 2.75) is 6.04 Å². The van der Waals surface area contributed by atoms with E-state index in [0.717, 1.165) is 37.7 Å². The van der Waals surface area contributed by atoms with Crippen molar-refractivity contribution in [3.8, 4) is 0 Å². The highest BCUT2D eigenvalue weighted by molar-refractivity contribution is 6.30. The highest BCUT2D eigenvalue weighted by Gasteiger charge is 2.26. The van der Waals surface area contributed by atoms with Crippen molar-refractivity contribution in [2.24, 2.45) is 0 Å². The van der Waals surface area contributed by atoms with Gasteiger partial charge in [-0.05, 0) is 23.3 Å². The molecule has 1 aliphatic heterocycles. The highest BCUT2D eigenvalue weighted by atomic mass is 35.5. The van der Waals surface area contributed by atoms with Gasteiger partial charge in [0.2, 0.25) is 0 Å². The van der Waals surface area contributed by atoms with Crippen molar-refractivity contribution >= 4 is 17.6 Å². The Balaban J connectivity index is 1.63. The first-order valence-corrected chi connectivity index (χ1v) is 9.55. The first-order valence-electron chi connectivity index (χ1n) is 9.18. The summed E-state index contributed by atoms with van der Waals surface area (Å²) >= 11 is 6.07. The Labute approximate surface area is 165 Å². The van der Waals surface area contributed by atoms with Gasteiger partial charge in [0.15, 0.2) is 0 Å². The second kappa shape index (κ2) is 9.85. The van der Waals surface area contributed by atoms with Crippen molar-refractivity contribution in [3.05, 3.63) is 70.7 Å². The molecule has 27 heavy (non-hydrogen) atoms. The molecule has 5 nitrogen and oxygen atoms in total. The molecule has 2 aromatic rings. The van der Waals surface area contributed by atoms with Crippen LogP contribution in [0.4, 0.5) is 0 Å². The van der Waals surface area contributed by atoms with Gasteiger partial charge in [0.1, 0.15) is 0 Å². The van der Waals surface area contributed by atoms with Gasteiger partial charge in [-0.3, -0.25) is 9.80 Å². The molecule has 0 spiro atoms. The van der Waals surface area contributed by atoms with Crippen LogP contribution in [-0.2, 0) is 9.53 Å². The van der Waals surface area contributed by atoms with Crippen LogP contribution in [0.3, 0.4) is 0 Å². The van der Waals surface area contributed by atoms with Crippen LogP contribution in [0.5, 0.6) is 0 Å². The van der Waals surface area contributed by atoms with E-state index in [0.29, 0.717) is 6.61 Å². The van der Waals surface area contributed by atoms with Crippen molar-refractivity contribution < 1.29 is 14.6 Å². The minimum absolute atomic E-state index is 0.194. The van der Waals surface area contributed by atoms with Crippen LogP contribution in [0.2, 0.25) is 5.02 Å². The number of carboxylic acid groups (broad SMARTS) is 1. The molecule has 3 rings (SSSR count). The number of aliphatic carboxylic acids is 1. The fourth-order valence-electron chi connectivity index (χ4n) is 3.49. The molecule has 0 N–H and O–H groups in total. The summed E-state index contributed by atoms with van der Waals surface area (Å²) in [4.78, 5) is 15.2. The Bertz CT molecular complexity index is 716. The van der Waals surface area contributed by atoms with Crippen LogP contribution in [-0.4, -0.2) is 61.7 Å². The normalized spacial score (nSPS) is 16.9. The van der Waals surface area contributed by atoms with Crippen LogP contribution >= 0.6 is 11.6 Å². The maximum absolute atomic E-state index is 10.4. The van der Waals surface area contributed by atoms with E-state index in [2.05, 4.69) is 46.2 Å². The minimum Gasteiger partial charge on any atom is -0.548 e. The number of piperazine rings is 1. The van der Waals surface area contributed by atoms with Crippen LogP contribution in [0.1, 0.15) is 17.2 Å². The molecular formula is C21H24ClN2O3-. The lowest BCUT2D eigenvalue weighted by molar-refractivity contribution is -0.309. The molecule has 1 atom stereocenters. The molecule has 0 radical (unpaired) electrons. The fourth-order valence-corrected chi connectivity index (χ4v) is 3.61. The molecule has 1 saturated heterocycles. The van der Waals surface area contributed by atoms with Gasteiger partial charge < -0.3 is 14.6 Å². The number of rotatable bonds is 8. The number of hydrogen-bond donors (Lipinski definition) is 0. The van der Waals surface area contributed by atoms with Gasteiger partial charge in [0.05, 0.1) is 25.2 Å². The smallest absolute Gasteiger partial charge is 0.0861 e. The van der Waals surface area contributed by atoms with E-state index in [4.69, 9.17) is 16.3 Å². The average Bonchev–Trinajstić information content (AvgIpc) is 2.69. The summed E-state index contributed by atoms with van der Waals surface area (Å²) in [5.74, 6) is -1.17. The van der Waals surface area contributed by atoms with Gasteiger partial charge in [-0.2, -0.15) is 0 Å². The maximum Gasteiger partial charge on any atom is 0.0861 e. The van der Waals surface area contributed by atoms with E-state index < -0.39 is 5.97 Å². The summed E-state index contributed by atoms with van der Waals surface area (Å²) in [6.07, 6.45) is 0. The lowest BCUT2D eigenvalue weighted by Gasteiger charge is -2.39. The predicted octanol–water partition coefficient (Wildman–Crippen LogP) is 1.81. The Hall–Kier alpha value is -1.92. The molecule has 144 valence electrons. The summed E-state index contributed by atoms with van der Waals surface area (Å²) < 4.78 is 5.09. The van der Waals surface area contributed by atoms with Crippen LogP contribution < -0.4 is 5.11 Å². The third-order valence-electron chi connectivity index (χ3n) is 4.84. The molecule has 0 bridgehead atoms. The molecule has 0 amide bonds. The number of carbonyl (C=O) groups excluding carboxylic acids is 1. The van der Waals surface area contributed by atoms with E-state index in [-0.39, 0.29) is 12.6 Å². The zero-order valence-corrected chi connectivity index (χ0v) is 16.0. The summed E-state index contributed by atoms with van der Waals surface area (Å²) in [6.45, 7) is 4.51. The van der Waals surface area contributed by atoms with Gasteiger partial charge in [0.25, 0.3) is 0 Å². The standard InChI is InChI=1S/C21H25ClN2O3/c22-19-8-6-18(7-9-19)21(17-4-2-1-3-5-17)24-12-10-23(11-13-24)14-15-27-16-20(25)26/h1-9,21H,10-16H2,(H,25,26)/p-1. The predicted molar refractivity (Wildman–Crippen MR) is 104 cm³/mol. The SMILES string of the molecule is O=C([O-])COCCN1CCN(C(c2ccccc2)c2ccc(Cl)cc2)CC1. The van der Waals surface area contributed by atoms with E-state index in [1.54, 1.807) is 0 Å². The quantitative estimate of drug-likeness (QED) is 0.647. The third kappa shape index (κ3) is 5.78. The van der Waals surface area contributed by atoms with Gasteiger partial charge in [-0.25, -0.2) is 0 Å². The highest BCUT2D eigenvalue weighted by Crippen LogP contribution is 2.30. The fraction of sp³-hybridized carbons (Fsp3) is 0.381. The lowest BCUT2D eigenvalue weighted by atomic mass is 9.96. The Morgan fingerprint density at radius 1 is 1.00 bits per heavy atom. The van der Waals surface area contributed by atoms with Crippen LogP contribution in [0, 0.1) is 0 Å². The molecule has 1 heterocycles. The van der Waals surface area contributed by atoms with Crippen molar-refractivity contribution in [3.63, 3.8) is 0 Å². The van der Waals surface area contributed by atoms with Gasteiger partial charge in [-0.1, -0.05) is 54.1 Å². The molecule has 2 aromatic carbocycles. The molecule has 6 heteroatoms. The number of hydrogen-bond acceptors (Lipinski definition) is 5. The average molecular weight is 388 g/mol. The maximum atomic E-state index is 10.4. The summed E-state index contributed by atoms with van der Waals surface area (Å²) in [7, 11) is 0. The van der Waals surface area contributed by atoms with E-state index in [1.807, 2.05) is 18.2 Å². The van der Waals surface area contributed by atoms with Crippen LogP contribution in [0.15, 0.2) is 54.6 Å². The third-order valence-corrected chi connectivity index (χ3v) is 5.10. The summed E-state index contributed by atoms with van der Waals surface area (Å²) in [5, 5.41) is 11.1. The van der Waals surface area contributed by atoms with Crippen LogP contribution in [0.25, 0.3) is 0 Å². The van der Waals surface area contributed by atoms with Gasteiger partial charge in [-0.15, -0.1) is 0 Å². The molecule has 0 aliphatic carbocycles. The number of nitrogens with zero attached hydrogens (tertiary/aromatic N) is 2. The molecular weight excluding hydrogens is 364 g/mol. The molecule has 1 aliphatic rings. The number of benzene rings is 2. The monoisotopic (exact) mass is 387 g/mol. The number of carbonyl (C=O) groups is 1. The number of carboxylic acids is 1. The van der Waals surface area contributed by atoms with E-state index >= 15 is 0 Å². The Morgan fingerprint density at radius 3 is 2.26 bits per heavy atom. The lowest BCUT2D eigenvalue weighted by Crippen LogP contribution is -2.48. The van der Waals surface area contributed by atoms with E-state index in [1.165, 1.54) is 11.1 Å². The second-order valence-corrected chi connectivity index (χ2v) is 7.10. The van der Waals surface area contributed by atoms with Gasteiger partial charge in [0, 0.05) is 37.7 Å². The second-order valence-electron chi connectivity index (χ2n) is 6.67. The first-order chi connectivity index (χ1) is 13.1. The molecule has 0 aromatic heterocycles.